The number of likely N-dealkylation sites (N-methyl/N-ethyl adjacent to an activating group) is 1. The molecule has 2 rings (SSSR count). The van der Waals surface area contributed by atoms with Crippen LogP contribution in [0.2, 0.25) is 0 Å². The molecule has 0 atom stereocenters. The normalized spacial score (nSPS) is 16.0. The Morgan fingerprint density at radius 3 is 2.72 bits per heavy atom. The summed E-state index contributed by atoms with van der Waals surface area (Å²) < 4.78 is 13.7. The van der Waals surface area contributed by atoms with Gasteiger partial charge in [0.25, 0.3) is 0 Å². The summed E-state index contributed by atoms with van der Waals surface area (Å²) in [5, 5.41) is 0. The molecule has 0 unspecified atom stereocenters. The summed E-state index contributed by atoms with van der Waals surface area (Å²) in [4.78, 5) is 15.1. The van der Waals surface area contributed by atoms with E-state index in [0.29, 0.717) is 18.8 Å². The zero-order chi connectivity index (χ0) is 13.3. The molecule has 0 aliphatic carbocycles. The van der Waals surface area contributed by atoms with Crippen LogP contribution >= 0.6 is 12.2 Å². The number of benzene rings is 1. The summed E-state index contributed by atoms with van der Waals surface area (Å²) in [5.41, 5.74) is 6.31. The molecule has 1 aliphatic rings. The number of nitrogens with zero attached hydrogens (tertiary/aromatic N) is 2. The third-order valence-corrected chi connectivity index (χ3v) is 3.26. The molecule has 1 aromatic rings. The molecule has 1 aliphatic heterocycles. The predicted molar refractivity (Wildman–Crippen MR) is 72.1 cm³/mol. The number of rotatable bonds is 2. The maximum Gasteiger partial charge on any atom is 0.241 e. The highest BCUT2D eigenvalue weighted by molar-refractivity contribution is 7.80. The largest absolute Gasteiger partial charge is 0.389 e. The Morgan fingerprint density at radius 1 is 1.44 bits per heavy atom. The minimum atomic E-state index is -0.452. The van der Waals surface area contributed by atoms with E-state index >= 15 is 0 Å². The van der Waals surface area contributed by atoms with E-state index in [2.05, 4.69) is 0 Å². The van der Waals surface area contributed by atoms with Gasteiger partial charge < -0.3 is 15.5 Å². The van der Waals surface area contributed by atoms with Crippen molar-refractivity contribution in [2.45, 2.75) is 0 Å². The minimum absolute atomic E-state index is 0.0279. The maximum atomic E-state index is 13.7. The number of carbonyl (C=O) groups excluding carboxylic acids is 1. The van der Waals surface area contributed by atoms with Gasteiger partial charge in [0.2, 0.25) is 5.91 Å². The van der Waals surface area contributed by atoms with Gasteiger partial charge in [0.1, 0.15) is 10.8 Å². The Bertz CT molecular complexity index is 506. The van der Waals surface area contributed by atoms with Gasteiger partial charge in [0.15, 0.2) is 0 Å². The molecule has 1 saturated heterocycles. The number of hydrogen-bond donors (Lipinski definition) is 1. The molecule has 18 heavy (non-hydrogen) atoms. The second kappa shape index (κ2) is 4.89. The fourth-order valence-corrected chi connectivity index (χ4v) is 2.04. The van der Waals surface area contributed by atoms with Crippen LogP contribution in [0.1, 0.15) is 5.56 Å². The monoisotopic (exact) mass is 267 g/mol. The van der Waals surface area contributed by atoms with E-state index in [1.807, 2.05) is 4.90 Å². The highest BCUT2D eigenvalue weighted by Crippen LogP contribution is 2.20. The van der Waals surface area contributed by atoms with Crippen LogP contribution in [0.4, 0.5) is 10.1 Å². The molecule has 0 bridgehead atoms. The van der Waals surface area contributed by atoms with Crippen molar-refractivity contribution in [2.24, 2.45) is 5.73 Å². The van der Waals surface area contributed by atoms with Gasteiger partial charge in [-0.05, 0) is 18.2 Å². The fraction of sp³-hybridized carbons (Fsp3) is 0.333. The maximum absolute atomic E-state index is 13.7. The van der Waals surface area contributed by atoms with Crippen molar-refractivity contribution in [1.29, 1.82) is 0 Å². The highest BCUT2D eigenvalue weighted by Gasteiger charge is 2.21. The third-order valence-electron chi connectivity index (χ3n) is 3.04. The van der Waals surface area contributed by atoms with E-state index in [-0.39, 0.29) is 23.0 Å². The van der Waals surface area contributed by atoms with Gasteiger partial charge in [0, 0.05) is 31.4 Å². The lowest BCUT2D eigenvalue weighted by Gasteiger charge is -2.33. The number of hydrogen-bond acceptors (Lipinski definition) is 3. The van der Waals surface area contributed by atoms with Crippen LogP contribution in [0.15, 0.2) is 18.2 Å². The lowest BCUT2D eigenvalue weighted by atomic mass is 10.1. The zero-order valence-corrected chi connectivity index (χ0v) is 10.8. The summed E-state index contributed by atoms with van der Waals surface area (Å²) in [6, 6.07) is 4.65. The second-order valence-electron chi connectivity index (χ2n) is 4.27. The smallest absolute Gasteiger partial charge is 0.241 e. The average molecular weight is 267 g/mol. The average Bonchev–Trinajstić information content (AvgIpc) is 2.32. The lowest BCUT2D eigenvalue weighted by Crippen LogP contribution is -2.48. The SMILES string of the molecule is CN1CCN(c2ccc(C(N)=S)c(F)c2)CC1=O. The van der Waals surface area contributed by atoms with Crippen molar-refractivity contribution in [3.8, 4) is 0 Å². The Labute approximate surface area is 110 Å². The lowest BCUT2D eigenvalue weighted by molar-refractivity contribution is -0.129. The van der Waals surface area contributed by atoms with Crippen molar-refractivity contribution in [2.75, 3.05) is 31.6 Å². The van der Waals surface area contributed by atoms with Gasteiger partial charge in [-0.3, -0.25) is 4.79 Å². The van der Waals surface area contributed by atoms with Crippen LogP contribution in [-0.2, 0) is 4.79 Å². The molecule has 1 heterocycles. The number of piperazine rings is 1. The van der Waals surface area contributed by atoms with Crippen LogP contribution < -0.4 is 10.6 Å². The van der Waals surface area contributed by atoms with Gasteiger partial charge >= 0.3 is 0 Å². The van der Waals surface area contributed by atoms with Gasteiger partial charge in [-0.15, -0.1) is 0 Å². The Hall–Kier alpha value is -1.69. The minimum Gasteiger partial charge on any atom is -0.389 e. The second-order valence-corrected chi connectivity index (χ2v) is 4.71. The van der Waals surface area contributed by atoms with Crippen molar-refractivity contribution in [3.05, 3.63) is 29.6 Å². The number of anilines is 1. The Kier molecular flexibility index (Phi) is 3.47. The van der Waals surface area contributed by atoms with Crippen molar-refractivity contribution >= 4 is 28.8 Å². The summed E-state index contributed by atoms with van der Waals surface area (Å²) in [5.74, 6) is -0.425. The molecule has 0 spiro atoms. The van der Waals surface area contributed by atoms with Crippen LogP contribution in [0.25, 0.3) is 0 Å². The van der Waals surface area contributed by atoms with Crippen molar-refractivity contribution < 1.29 is 9.18 Å². The molecule has 1 fully saturated rings. The predicted octanol–water partition coefficient (Wildman–Crippen LogP) is 0.738. The van der Waals surface area contributed by atoms with E-state index in [4.69, 9.17) is 18.0 Å². The molecular weight excluding hydrogens is 253 g/mol. The van der Waals surface area contributed by atoms with E-state index < -0.39 is 5.82 Å². The van der Waals surface area contributed by atoms with Crippen LogP contribution in [0.5, 0.6) is 0 Å². The van der Waals surface area contributed by atoms with Crippen LogP contribution in [0.3, 0.4) is 0 Å². The van der Waals surface area contributed by atoms with Gasteiger partial charge in [0.05, 0.1) is 6.54 Å². The first kappa shape index (κ1) is 12.8. The summed E-state index contributed by atoms with van der Waals surface area (Å²) in [6.45, 7) is 1.59. The first-order chi connectivity index (χ1) is 8.49. The molecule has 1 aromatic carbocycles. The number of carbonyl (C=O) groups is 1. The number of halogens is 1. The molecule has 0 radical (unpaired) electrons. The van der Waals surface area contributed by atoms with Gasteiger partial charge in [-0.2, -0.15) is 0 Å². The molecule has 6 heteroatoms. The summed E-state index contributed by atoms with van der Waals surface area (Å²) in [6.07, 6.45) is 0. The summed E-state index contributed by atoms with van der Waals surface area (Å²) >= 11 is 4.75. The highest BCUT2D eigenvalue weighted by atomic mass is 32.1. The van der Waals surface area contributed by atoms with Crippen LogP contribution in [-0.4, -0.2) is 42.5 Å². The Balaban J connectivity index is 2.22. The first-order valence-electron chi connectivity index (χ1n) is 5.57. The molecular formula is C12H14FN3OS. The molecule has 1 amide bonds. The molecule has 0 aromatic heterocycles. The third kappa shape index (κ3) is 2.43. The van der Waals surface area contributed by atoms with Gasteiger partial charge in [-0.1, -0.05) is 12.2 Å². The molecule has 4 nitrogen and oxygen atoms in total. The van der Waals surface area contributed by atoms with E-state index in [1.54, 1.807) is 24.1 Å². The van der Waals surface area contributed by atoms with E-state index in [9.17, 15) is 9.18 Å². The topological polar surface area (TPSA) is 49.6 Å². The fourth-order valence-electron chi connectivity index (χ4n) is 1.88. The molecule has 0 saturated carbocycles. The molecule has 2 N–H and O–H groups in total. The van der Waals surface area contributed by atoms with E-state index in [1.165, 1.54) is 6.07 Å². The first-order valence-corrected chi connectivity index (χ1v) is 5.98. The van der Waals surface area contributed by atoms with E-state index in [0.717, 1.165) is 0 Å². The standard InChI is InChI=1S/C12H14FN3OS/c1-15-4-5-16(7-11(15)17)8-2-3-9(12(14)18)10(13)6-8/h2-3,6H,4-5,7H2,1H3,(H2,14,18). The van der Waals surface area contributed by atoms with Crippen molar-refractivity contribution in [1.82, 2.24) is 4.90 Å². The Morgan fingerprint density at radius 2 is 2.17 bits per heavy atom. The zero-order valence-electron chi connectivity index (χ0n) is 10.0. The quantitative estimate of drug-likeness (QED) is 0.803. The molecule has 96 valence electrons. The number of thiocarbonyl (C=S) groups is 1. The number of amides is 1. The van der Waals surface area contributed by atoms with Gasteiger partial charge in [-0.25, -0.2) is 4.39 Å². The summed E-state index contributed by atoms with van der Waals surface area (Å²) in [7, 11) is 1.76. The van der Waals surface area contributed by atoms with Crippen LogP contribution in [0, 0.1) is 5.82 Å². The number of nitrogens with two attached hydrogens (primary N) is 1. The van der Waals surface area contributed by atoms with Crippen molar-refractivity contribution in [3.63, 3.8) is 0 Å².